The molecule has 0 radical (unpaired) electrons. The first-order valence-electron chi connectivity index (χ1n) is 3.97. The molecule has 0 aliphatic rings. The van der Waals surface area contributed by atoms with Crippen LogP contribution in [0.3, 0.4) is 0 Å². The standard InChI is InChI=1S/C8H18ClNS/c1-8(4-7-11-3)10(2)6-5-9/h8H,4-7H2,1-3H3. The minimum Gasteiger partial charge on any atom is -0.302 e. The summed E-state index contributed by atoms with van der Waals surface area (Å²) in [6.45, 7) is 3.25. The zero-order chi connectivity index (χ0) is 8.69. The highest BCUT2D eigenvalue weighted by Gasteiger charge is 2.06. The molecule has 3 heteroatoms. The largest absolute Gasteiger partial charge is 0.302 e. The molecular formula is C8H18ClNS. The molecule has 1 nitrogen and oxygen atoms in total. The van der Waals surface area contributed by atoms with Crippen molar-refractivity contribution in [2.75, 3.05) is 31.5 Å². The van der Waals surface area contributed by atoms with E-state index in [1.54, 1.807) is 0 Å². The van der Waals surface area contributed by atoms with Crippen LogP contribution in [0.1, 0.15) is 13.3 Å². The predicted molar refractivity (Wildman–Crippen MR) is 55.8 cm³/mol. The van der Waals surface area contributed by atoms with Crippen LogP contribution in [0, 0.1) is 0 Å². The summed E-state index contributed by atoms with van der Waals surface area (Å²) in [4.78, 5) is 2.31. The van der Waals surface area contributed by atoms with Gasteiger partial charge in [-0.1, -0.05) is 0 Å². The van der Waals surface area contributed by atoms with E-state index >= 15 is 0 Å². The van der Waals surface area contributed by atoms with Crippen molar-refractivity contribution < 1.29 is 0 Å². The van der Waals surface area contributed by atoms with Gasteiger partial charge in [-0.2, -0.15) is 11.8 Å². The number of rotatable bonds is 6. The average Bonchev–Trinajstić information content (AvgIpc) is 2.00. The van der Waals surface area contributed by atoms with Crippen molar-refractivity contribution in [3.63, 3.8) is 0 Å². The molecule has 0 aromatic heterocycles. The maximum Gasteiger partial charge on any atom is 0.0351 e. The van der Waals surface area contributed by atoms with Gasteiger partial charge in [0.05, 0.1) is 0 Å². The number of hydrogen-bond acceptors (Lipinski definition) is 2. The molecule has 0 aromatic rings. The highest BCUT2D eigenvalue weighted by molar-refractivity contribution is 7.98. The molecule has 68 valence electrons. The van der Waals surface area contributed by atoms with Crippen molar-refractivity contribution in [1.82, 2.24) is 4.90 Å². The van der Waals surface area contributed by atoms with Crippen LogP contribution in [0.15, 0.2) is 0 Å². The Kier molecular flexibility index (Phi) is 7.66. The van der Waals surface area contributed by atoms with Gasteiger partial charge in [-0.05, 0) is 32.4 Å². The SMILES string of the molecule is CSCCC(C)N(C)CCCl. The Balaban J connectivity index is 3.38. The van der Waals surface area contributed by atoms with Crippen LogP contribution in [-0.4, -0.2) is 42.4 Å². The van der Waals surface area contributed by atoms with E-state index in [-0.39, 0.29) is 0 Å². The van der Waals surface area contributed by atoms with E-state index in [1.807, 2.05) is 11.8 Å². The van der Waals surface area contributed by atoms with E-state index < -0.39 is 0 Å². The third-order valence-corrected chi connectivity index (χ3v) is 2.74. The Bertz CT molecular complexity index is 90.2. The van der Waals surface area contributed by atoms with Crippen LogP contribution in [0.25, 0.3) is 0 Å². The van der Waals surface area contributed by atoms with Crippen LogP contribution in [0.4, 0.5) is 0 Å². The first-order valence-corrected chi connectivity index (χ1v) is 5.90. The van der Waals surface area contributed by atoms with Gasteiger partial charge < -0.3 is 4.90 Å². The van der Waals surface area contributed by atoms with Gasteiger partial charge in [0, 0.05) is 18.5 Å². The monoisotopic (exact) mass is 195 g/mol. The summed E-state index contributed by atoms with van der Waals surface area (Å²) in [7, 11) is 2.13. The lowest BCUT2D eigenvalue weighted by molar-refractivity contribution is 0.268. The topological polar surface area (TPSA) is 3.24 Å². The number of thioether (sulfide) groups is 1. The van der Waals surface area contributed by atoms with Gasteiger partial charge in [-0.3, -0.25) is 0 Å². The molecule has 1 unspecified atom stereocenters. The number of hydrogen-bond donors (Lipinski definition) is 0. The second-order valence-electron chi connectivity index (χ2n) is 2.80. The first kappa shape index (κ1) is 11.6. The summed E-state index contributed by atoms with van der Waals surface area (Å²) in [5.41, 5.74) is 0. The summed E-state index contributed by atoms with van der Waals surface area (Å²) in [6.07, 6.45) is 3.41. The van der Waals surface area contributed by atoms with E-state index in [9.17, 15) is 0 Å². The number of nitrogens with zero attached hydrogens (tertiary/aromatic N) is 1. The van der Waals surface area contributed by atoms with Gasteiger partial charge in [-0.25, -0.2) is 0 Å². The lowest BCUT2D eigenvalue weighted by atomic mass is 10.2. The summed E-state index contributed by atoms with van der Waals surface area (Å²) >= 11 is 7.53. The van der Waals surface area contributed by atoms with E-state index in [0.717, 1.165) is 12.4 Å². The molecule has 0 amide bonds. The van der Waals surface area contributed by atoms with Gasteiger partial charge in [0.2, 0.25) is 0 Å². The molecule has 11 heavy (non-hydrogen) atoms. The third kappa shape index (κ3) is 5.83. The van der Waals surface area contributed by atoms with Crippen molar-refractivity contribution >= 4 is 23.4 Å². The maximum atomic E-state index is 5.63. The van der Waals surface area contributed by atoms with Gasteiger partial charge >= 0.3 is 0 Å². The molecule has 0 saturated heterocycles. The Labute approximate surface area is 79.5 Å². The lowest BCUT2D eigenvalue weighted by Crippen LogP contribution is -2.31. The van der Waals surface area contributed by atoms with E-state index in [1.165, 1.54) is 12.2 Å². The summed E-state index contributed by atoms with van der Waals surface area (Å²) in [5.74, 6) is 1.98. The van der Waals surface area contributed by atoms with E-state index in [4.69, 9.17) is 11.6 Å². The van der Waals surface area contributed by atoms with Crippen molar-refractivity contribution in [3.8, 4) is 0 Å². The Hall–Kier alpha value is 0.600. The highest BCUT2D eigenvalue weighted by Crippen LogP contribution is 2.05. The zero-order valence-electron chi connectivity index (χ0n) is 7.64. The molecule has 0 saturated carbocycles. The molecule has 0 aromatic carbocycles. The van der Waals surface area contributed by atoms with Crippen LogP contribution >= 0.6 is 23.4 Å². The zero-order valence-corrected chi connectivity index (χ0v) is 9.21. The summed E-state index contributed by atoms with van der Waals surface area (Å²) in [6, 6.07) is 0.668. The van der Waals surface area contributed by atoms with Gasteiger partial charge in [0.1, 0.15) is 0 Å². The highest BCUT2D eigenvalue weighted by atomic mass is 35.5. The van der Waals surface area contributed by atoms with E-state index in [0.29, 0.717) is 6.04 Å². The van der Waals surface area contributed by atoms with Crippen LogP contribution < -0.4 is 0 Å². The van der Waals surface area contributed by atoms with Crippen LogP contribution in [0.2, 0.25) is 0 Å². The fourth-order valence-corrected chi connectivity index (χ4v) is 1.71. The molecule has 0 rings (SSSR count). The predicted octanol–water partition coefficient (Wildman–Crippen LogP) is 2.30. The molecule has 0 aliphatic carbocycles. The molecule has 0 heterocycles. The lowest BCUT2D eigenvalue weighted by Gasteiger charge is -2.23. The fraction of sp³-hybridized carbons (Fsp3) is 1.00. The maximum absolute atomic E-state index is 5.63. The van der Waals surface area contributed by atoms with Gasteiger partial charge in [0.15, 0.2) is 0 Å². The minimum atomic E-state index is 0.668. The Morgan fingerprint density at radius 1 is 1.55 bits per heavy atom. The molecule has 0 N–H and O–H groups in total. The number of halogens is 1. The molecular weight excluding hydrogens is 178 g/mol. The third-order valence-electron chi connectivity index (χ3n) is 1.93. The summed E-state index contributed by atoms with van der Waals surface area (Å²) < 4.78 is 0. The van der Waals surface area contributed by atoms with Crippen molar-refractivity contribution in [2.45, 2.75) is 19.4 Å². The minimum absolute atomic E-state index is 0.668. The summed E-state index contributed by atoms with van der Waals surface area (Å²) in [5, 5.41) is 0. The van der Waals surface area contributed by atoms with Gasteiger partial charge in [0.25, 0.3) is 0 Å². The first-order chi connectivity index (χ1) is 5.22. The quantitative estimate of drug-likeness (QED) is 0.599. The molecule has 0 fully saturated rings. The van der Waals surface area contributed by atoms with Crippen molar-refractivity contribution in [3.05, 3.63) is 0 Å². The smallest absolute Gasteiger partial charge is 0.0351 e. The number of alkyl halides is 1. The molecule has 1 atom stereocenters. The van der Waals surface area contributed by atoms with Gasteiger partial charge in [-0.15, -0.1) is 11.6 Å². The molecule has 0 spiro atoms. The second-order valence-corrected chi connectivity index (χ2v) is 4.16. The average molecular weight is 196 g/mol. The normalized spacial score (nSPS) is 13.9. The second kappa shape index (κ2) is 7.26. The molecule has 0 bridgehead atoms. The fourth-order valence-electron chi connectivity index (χ4n) is 0.862. The van der Waals surface area contributed by atoms with Crippen molar-refractivity contribution in [2.24, 2.45) is 0 Å². The molecule has 0 aliphatic heterocycles. The Morgan fingerprint density at radius 2 is 2.18 bits per heavy atom. The van der Waals surface area contributed by atoms with Crippen molar-refractivity contribution in [1.29, 1.82) is 0 Å². The van der Waals surface area contributed by atoms with Crippen LogP contribution in [0.5, 0.6) is 0 Å². The van der Waals surface area contributed by atoms with E-state index in [2.05, 4.69) is 25.1 Å². The van der Waals surface area contributed by atoms with Crippen LogP contribution in [-0.2, 0) is 0 Å². The Morgan fingerprint density at radius 3 is 2.64 bits per heavy atom.